The minimum atomic E-state index is 0.0270. The van der Waals surface area contributed by atoms with Crippen LogP contribution in [0.5, 0.6) is 5.75 Å². The number of rotatable bonds is 10. The van der Waals surface area contributed by atoms with Gasteiger partial charge in [-0.1, -0.05) is 57.9 Å². The van der Waals surface area contributed by atoms with Gasteiger partial charge in [0.25, 0.3) is 0 Å². The Bertz CT molecular complexity index is 418. The average Bonchev–Trinajstić information content (AvgIpc) is 2.45. The van der Waals surface area contributed by atoms with Crippen molar-refractivity contribution in [2.24, 2.45) is 5.41 Å². The Labute approximate surface area is 130 Å². The fraction of sp³-hybridized carbons (Fsp3) is 0.579. The second kappa shape index (κ2) is 8.89. The number of hydrogen-bond acceptors (Lipinski definition) is 2. The number of allylic oxidation sites excluding steroid dienone is 1. The van der Waals surface area contributed by atoms with Gasteiger partial charge in [-0.3, -0.25) is 0 Å². The van der Waals surface area contributed by atoms with Crippen molar-refractivity contribution in [1.29, 1.82) is 0 Å². The van der Waals surface area contributed by atoms with Crippen molar-refractivity contribution in [2.45, 2.75) is 47.0 Å². The third kappa shape index (κ3) is 7.33. The van der Waals surface area contributed by atoms with Crippen LogP contribution in [0.2, 0.25) is 0 Å². The molecular formula is C19H30O2. The van der Waals surface area contributed by atoms with Crippen molar-refractivity contribution >= 4 is 5.57 Å². The van der Waals surface area contributed by atoms with Crippen LogP contribution in [0, 0.1) is 5.41 Å². The average molecular weight is 290 g/mol. The molecule has 0 aliphatic rings. The number of hydrogen-bond donors (Lipinski definition) is 0. The Morgan fingerprint density at radius 2 is 1.76 bits per heavy atom. The fourth-order valence-corrected chi connectivity index (χ4v) is 1.96. The van der Waals surface area contributed by atoms with E-state index in [1.807, 2.05) is 31.2 Å². The quantitative estimate of drug-likeness (QED) is 0.542. The third-order valence-corrected chi connectivity index (χ3v) is 3.36. The lowest BCUT2D eigenvalue weighted by Crippen LogP contribution is -2.27. The van der Waals surface area contributed by atoms with E-state index in [-0.39, 0.29) is 5.41 Å². The van der Waals surface area contributed by atoms with Gasteiger partial charge in [0.15, 0.2) is 0 Å². The summed E-state index contributed by atoms with van der Waals surface area (Å²) in [4.78, 5) is 0. The molecule has 0 amide bonds. The Hall–Kier alpha value is -1.28. The molecule has 0 aliphatic carbocycles. The van der Waals surface area contributed by atoms with Crippen molar-refractivity contribution in [3.63, 3.8) is 0 Å². The molecule has 1 rings (SSSR count). The van der Waals surface area contributed by atoms with Gasteiger partial charge >= 0.3 is 0 Å². The Morgan fingerprint density at radius 3 is 2.33 bits per heavy atom. The highest BCUT2D eigenvalue weighted by Gasteiger charge is 2.19. The summed E-state index contributed by atoms with van der Waals surface area (Å²) in [6.07, 6.45) is 3.62. The molecule has 0 aromatic heterocycles. The molecule has 2 heteroatoms. The van der Waals surface area contributed by atoms with Gasteiger partial charge in [0.2, 0.25) is 0 Å². The molecule has 1 aromatic carbocycles. The zero-order valence-electron chi connectivity index (χ0n) is 14.1. The molecule has 0 spiro atoms. The summed E-state index contributed by atoms with van der Waals surface area (Å²) in [5, 5.41) is 0. The van der Waals surface area contributed by atoms with E-state index >= 15 is 0 Å². The molecule has 0 unspecified atom stereocenters. The maximum atomic E-state index is 5.87. The van der Waals surface area contributed by atoms with Gasteiger partial charge < -0.3 is 9.47 Å². The minimum absolute atomic E-state index is 0.0270. The predicted octanol–water partition coefficient (Wildman–Crippen LogP) is 5.33. The maximum Gasteiger partial charge on any atom is 0.119 e. The first kappa shape index (κ1) is 17.8. The molecule has 0 saturated carbocycles. The topological polar surface area (TPSA) is 18.5 Å². The molecular weight excluding hydrogens is 260 g/mol. The molecule has 0 atom stereocenters. The van der Waals surface area contributed by atoms with Crippen molar-refractivity contribution in [3.8, 4) is 5.75 Å². The van der Waals surface area contributed by atoms with Gasteiger partial charge in [0.1, 0.15) is 5.75 Å². The minimum Gasteiger partial charge on any atom is -0.493 e. The summed E-state index contributed by atoms with van der Waals surface area (Å²) in [5.41, 5.74) is 2.25. The lowest BCUT2D eigenvalue weighted by Gasteiger charge is -2.24. The molecule has 21 heavy (non-hydrogen) atoms. The SMILES string of the molecule is C=C(C)c1ccc(OCC(C)(C)COCCCCC)cc1. The highest BCUT2D eigenvalue weighted by atomic mass is 16.5. The van der Waals surface area contributed by atoms with Crippen LogP contribution >= 0.6 is 0 Å². The molecule has 118 valence electrons. The second-order valence-electron chi connectivity index (χ2n) is 6.52. The molecule has 0 heterocycles. The largest absolute Gasteiger partial charge is 0.493 e. The first-order valence-corrected chi connectivity index (χ1v) is 7.91. The van der Waals surface area contributed by atoms with Crippen LogP contribution in [-0.2, 0) is 4.74 Å². The van der Waals surface area contributed by atoms with E-state index in [9.17, 15) is 0 Å². The first-order valence-electron chi connectivity index (χ1n) is 7.91. The second-order valence-corrected chi connectivity index (χ2v) is 6.52. The number of unbranched alkanes of at least 4 members (excludes halogenated alkanes) is 2. The summed E-state index contributed by atoms with van der Waals surface area (Å²) in [5.74, 6) is 0.902. The molecule has 1 aromatic rings. The van der Waals surface area contributed by atoms with Crippen LogP contribution in [0.3, 0.4) is 0 Å². The van der Waals surface area contributed by atoms with Gasteiger partial charge in [0, 0.05) is 12.0 Å². The normalized spacial score (nSPS) is 11.4. The lowest BCUT2D eigenvalue weighted by molar-refractivity contribution is 0.0331. The van der Waals surface area contributed by atoms with Gasteiger partial charge in [-0.2, -0.15) is 0 Å². The third-order valence-electron chi connectivity index (χ3n) is 3.36. The fourth-order valence-electron chi connectivity index (χ4n) is 1.96. The highest BCUT2D eigenvalue weighted by molar-refractivity contribution is 5.61. The van der Waals surface area contributed by atoms with Gasteiger partial charge in [0.05, 0.1) is 13.2 Å². The van der Waals surface area contributed by atoms with E-state index < -0.39 is 0 Å². The maximum absolute atomic E-state index is 5.87. The molecule has 2 nitrogen and oxygen atoms in total. The van der Waals surface area contributed by atoms with Gasteiger partial charge in [-0.25, -0.2) is 0 Å². The zero-order valence-corrected chi connectivity index (χ0v) is 14.1. The van der Waals surface area contributed by atoms with E-state index in [1.54, 1.807) is 0 Å². The first-order chi connectivity index (χ1) is 9.94. The predicted molar refractivity (Wildman–Crippen MR) is 90.8 cm³/mol. The molecule has 0 bridgehead atoms. The summed E-state index contributed by atoms with van der Waals surface area (Å²) >= 11 is 0. The highest BCUT2D eigenvalue weighted by Crippen LogP contribution is 2.21. The molecule has 0 N–H and O–H groups in total. The summed E-state index contributed by atoms with van der Waals surface area (Å²) < 4.78 is 11.6. The van der Waals surface area contributed by atoms with Crippen molar-refractivity contribution in [3.05, 3.63) is 36.4 Å². The standard InChI is InChI=1S/C19H30O2/c1-6-7-8-13-20-14-19(4,5)15-21-18-11-9-17(10-12-18)16(2)3/h9-12H,2,6-8,13-15H2,1,3-5H3. The monoisotopic (exact) mass is 290 g/mol. The van der Waals surface area contributed by atoms with Crippen LogP contribution in [0.1, 0.15) is 52.5 Å². The Morgan fingerprint density at radius 1 is 1.10 bits per heavy atom. The summed E-state index contributed by atoms with van der Waals surface area (Å²) in [6, 6.07) is 8.10. The molecule has 0 aliphatic heterocycles. The van der Waals surface area contributed by atoms with Crippen LogP contribution in [0.15, 0.2) is 30.8 Å². The van der Waals surface area contributed by atoms with Crippen LogP contribution in [0.4, 0.5) is 0 Å². The summed E-state index contributed by atoms with van der Waals surface area (Å²) in [6.45, 7) is 14.8. The van der Waals surface area contributed by atoms with E-state index in [0.717, 1.165) is 36.5 Å². The van der Waals surface area contributed by atoms with E-state index in [4.69, 9.17) is 9.47 Å². The van der Waals surface area contributed by atoms with Crippen molar-refractivity contribution < 1.29 is 9.47 Å². The molecule has 0 radical (unpaired) electrons. The smallest absolute Gasteiger partial charge is 0.119 e. The Kier molecular flexibility index (Phi) is 7.52. The van der Waals surface area contributed by atoms with Gasteiger partial charge in [-0.05, 0) is 31.0 Å². The molecule has 0 fully saturated rings. The molecule has 0 saturated heterocycles. The summed E-state index contributed by atoms with van der Waals surface area (Å²) in [7, 11) is 0. The van der Waals surface area contributed by atoms with E-state index in [0.29, 0.717) is 6.61 Å². The van der Waals surface area contributed by atoms with E-state index in [2.05, 4.69) is 27.4 Å². The zero-order chi connectivity index (χ0) is 15.7. The van der Waals surface area contributed by atoms with Gasteiger partial charge in [-0.15, -0.1) is 0 Å². The lowest BCUT2D eigenvalue weighted by atomic mass is 9.96. The van der Waals surface area contributed by atoms with Crippen molar-refractivity contribution in [2.75, 3.05) is 19.8 Å². The van der Waals surface area contributed by atoms with Crippen molar-refractivity contribution in [1.82, 2.24) is 0 Å². The van der Waals surface area contributed by atoms with Crippen LogP contribution < -0.4 is 4.74 Å². The van der Waals surface area contributed by atoms with E-state index in [1.165, 1.54) is 12.8 Å². The number of benzene rings is 1. The Balaban J connectivity index is 2.33. The number of ether oxygens (including phenoxy) is 2. The van der Waals surface area contributed by atoms with Crippen LogP contribution in [-0.4, -0.2) is 19.8 Å². The van der Waals surface area contributed by atoms with Crippen LogP contribution in [0.25, 0.3) is 5.57 Å².